The van der Waals surface area contributed by atoms with Crippen molar-refractivity contribution in [1.29, 1.82) is 0 Å². The van der Waals surface area contributed by atoms with Crippen molar-refractivity contribution in [1.82, 2.24) is 9.29 Å². The number of sulfonamides is 1. The van der Waals surface area contributed by atoms with E-state index < -0.39 is 10.0 Å². The Kier molecular flexibility index (Phi) is 6.02. The lowest BCUT2D eigenvalue weighted by Gasteiger charge is -2.23. The lowest BCUT2D eigenvalue weighted by molar-refractivity contribution is 0.102. The summed E-state index contributed by atoms with van der Waals surface area (Å²) in [6.07, 6.45) is 1.01. The highest BCUT2D eigenvalue weighted by Gasteiger charge is 2.26. The molecule has 2 aromatic carbocycles. The Labute approximate surface area is 193 Å². The van der Waals surface area contributed by atoms with Gasteiger partial charge in [-0.25, -0.2) is 12.7 Å². The van der Waals surface area contributed by atoms with Crippen LogP contribution in [0.5, 0.6) is 0 Å². The zero-order valence-electron chi connectivity index (χ0n) is 19.2. The fourth-order valence-electron chi connectivity index (χ4n) is 4.20. The van der Waals surface area contributed by atoms with Crippen molar-refractivity contribution in [3.05, 3.63) is 63.9 Å². The van der Waals surface area contributed by atoms with Gasteiger partial charge in [-0.15, -0.1) is 0 Å². The van der Waals surface area contributed by atoms with Crippen LogP contribution in [0.15, 0.2) is 52.2 Å². The third kappa shape index (κ3) is 4.51. The fourth-order valence-corrected chi connectivity index (χ4v) is 5.13. The summed E-state index contributed by atoms with van der Waals surface area (Å²) in [7, 11) is -0.764. The second-order valence-corrected chi connectivity index (χ2v) is 11.0. The molecule has 9 heteroatoms. The van der Waals surface area contributed by atoms with Crippen LogP contribution in [0.4, 0.5) is 11.4 Å². The van der Waals surface area contributed by atoms with Crippen molar-refractivity contribution in [2.24, 2.45) is 5.92 Å². The molecule has 1 saturated heterocycles. The first kappa shape index (κ1) is 23.0. The van der Waals surface area contributed by atoms with Crippen LogP contribution in [0.3, 0.4) is 0 Å². The molecule has 8 nitrogen and oxygen atoms in total. The van der Waals surface area contributed by atoms with E-state index in [9.17, 15) is 18.0 Å². The minimum atomic E-state index is -3.69. The van der Waals surface area contributed by atoms with Crippen LogP contribution < -0.4 is 15.8 Å². The molecule has 1 aliphatic heterocycles. The molecule has 1 unspecified atom stereocenters. The molecule has 0 radical (unpaired) electrons. The molecule has 1 aromatic heterocycles. The van der Waals surface area contributed by atoms with Crippen molar-refractivity contribution in [2.45, 2.75) is 25.2 Å². The fraction of sp³-hybridized carbons (Fsp3) is 0.333. The van der Waals surface area contributed by atoms with Gasteiger partial charge in [0.15, 0.2) is 0 Å². The first-order valence-electron chi connectivity index (χ1n) is 10.8. The Balaban J connectivity index is 1.74. The van der Waals surface area contributed by atoms with Crippen LogP contribution in [0.2, 0.25) is 0 Å². The number of carbonyl (C=O) groups is 1. The summed E-state index contributed by atoms with van der Waals surface area (Å²) >= 11 is 0. The molecular weight excluding hydrogens is 440 g/mol. The van der Waals surface area contributed by atoms with Gasteiger partial charge >= 0.3 is 0 Å². The van der Waals surface area contributed by atoms with Crippen LogP contribution >= 0.6 is 0 Å². The maximum atomic E-state index is 13.4. The molecule has 1 fully saturated rings. The number of pyridine rings is 1. The monoisotopic (exact) mass is 468 g/mol. The zero-order valence-corrected chi connectivity index (χ0v) is 20.0. The standard InChI is InChI=1S/C24H28N4O4S/c1-15-9-10-28(14-15)22-8-6-18(33(31,32)27(3)4)13-20(22)24(30)25-17-5-7-21-19(12-17)16(2)11-23(29)26-21/h5-8,11-13,15H,9-10,14H2,1-4H3,(H,25,30)(H,26,29). The number of nitrogens with zero attached hydrogens (tertiary/aromatic N) is 2. The highest BCUT2D eigenvalue weighted by molar-refractivity contribution is 7.89. The first-order chi connectivity index (χ1) is 15.6. The number of amides is 1. The molecule has 1 aliphatic rings. The van der Waals surface area contributed by atoms with E-state index in [2.05, 4.69) is 22.1 Å². The van der Waals surface area contributed by atoms with Gasteiger partial charge in [0, 0.05) is 55.5 Å². The molecule has 0 spiro atoms. The summed E-state index contributed by atoms with van der Waals surface area (Å²) in [5, 5.41) is 3.73. The van der Waals surface area contributed by atoms with E-state index in [1.165, 1.54) is 26.2 Å². The van der Waals surface area contributed by atoms with Crippen LogP contribution in [-0.4, -0.2) is 50.8 Å². The van der Waals surface area contributed by atoms with Crippen LogP contribution in [-0.2, 0) is 10.0 Å². The zero-order chi connectivity index (χ0) is 23.9. The summed E-state index contributed by atoms with van der Waals surface area (Å²) in [4.78, 5) is 30.1. The molecule has 1 atom stereocenters. The number of benzene rings is 2. The van der Waals surface area contributed by atoms with Gasteiger partial charge in [0.25, 0.3) is 5.91 Å². The summed E-state index contributed by atoms with van der Waals surface area (Å²) in [5.41, 5.74) is 2.89. The number of aromatic amines is 1. The van der Waals surface area contributed by atoms with Crippen molar-refractivity contribution < 1.29 is 13.2 Å². The highest BCUT2D eigenvalue weighted by atomic mass is 32.2. The molecular formula is C24H28N4O4S. The van der Waals surface area contributed by atoms with Crippen LogP contribution in [0.1, 0.15) is 29.3 Å². The number of nitrogens with one attached hydrogen (secondary N) is 2. The Morgan fingerprint density at radius 3 is 2.58 bits per heavy atom. The van der Waals surface area contributed by atoms with E-state index in [1.807, 2.05) is 6.92 Å². The van der Waals surface area contributed by atoms with Gasteiger partial charge in [-0.1, -0.05) is 6.92 Å². The average Bonchev–Trinajstić information content (AvgIpc) is 3.19. The van der Waals surface area contributed by atoms with Gasteiger partial charge in [0.05, 0.1) is 10.5 Å². The predicted molar refractivity (Wildman–Crippen MR) is 131 cm³/mol. The van der Waals surface area contributed by atoms with Gasteiger partial charge in [-0.2, -0.15) is 0 Å². The number of rotatable bonds is 5. The maximum Gasteiger partial charge on any atom is 0.257 e. The largest absolute Gasteiger partial charge is 0.371 e. The molecule has 1 amide bonds. The van der Waals surface area contributed by atoms with Crippen molar-refractivity contribution >= 4 is 38.2 Å². The van der Waals surface area contributed by atoms with E-state index in [-0.39, 0.29) is 16.4 Å². The van der Waals surface area contributed by atoms with E-state index in [0.29, 0.717) is 22.7 Å². The third-order valence-electron chi connectivity index (χ3n) is 6.06. The second kappa shape index (κ2) is 8.64. The first-order valence-corrected chi connectivity index (χ1v) is 12.3. The number of H-pyrrole nitrogens is 1. The van der Waals surface area contributed by atoms with Crippen LogP contribution in [0.25, 0.3) is 10.9 Å². The summed E-state index contributed by atoms with van der Waals surface area (Å²) in [6.45, 7) is 5.62. The van der Waals surface area contributed by atoms with Gasteiger partial charge < -0.3 is 15.2 Å². The molecule has 0 saturated carbocycles. The van der Waals surface area contributed by atoms with E-state index in [1.54, 1.807) is 30.3 Å². The van der Waals surface area contributed by atoms with Crippen molar-refractivity contribution in [3.63, 3.8) is 0 Å². The summed E-state index contributed by atoms with van der Waals surface area (Å²) < 4.78 is 26.6. The Morgan fingerprint density at radius 2 is 1.91 bits per heavy atom. The van der Waals surface area contributed by atoms with Crippen LogP contribution in [0, 0.1) is 12.8 Å². The second-order valence-electron chi connectivity index (χ2n) is 8.84. The predicted octanol–water partition coefficient (Wildman–Crippen LogP) is 3.19. The minimum absolute atomic E-state index is 0.0700. The number of carbonyl (C=O) groups excluding carboxylic acids is 1. The lowest BCUT2D eigenvalue weighted by atomic mass is 10.1. The third-order valence-corrected chi connectivity index (χ3v) is 7.87. The van der Waals surface area contributed by atoms with Crippen molar-refractivity contribution in [2.75, 3.05) is 37.4 Å². The summed E-state index contributed by atoms with van der Waals surface area (Å²) in [6, 6.07) is 11.5. The lowest BCUT2D eigenvalue weighted by Crippen LogP contribution is -2.26. The van der Waals surface area contributed by atoms with Gasteiger partial charge in [0.2, 0.25) is 15.6 Å². The van der Waals surface area contributed by atoms with Crippen molar-refractivity contribution in [3.8, 4) is 0 Å². The molecule has 0 bridgehead atoms. The number of hydrogen-bond donors (Lipinski definition) is 2. The maximum absolute atomic E-state index is 13.4. The number of aromatic nitrogens is 1. The molecule has 33 heavy (non-hydrogen) atoms. The Hall–Kier alpha value is -3.17. The van der Waals surface area contributed by atoms with E-state index >= 15 is 0 Å². The topological polar surface area (TPSA) is 103 Å². The Morgan fingerprint density at radius 1 is 1.15 bits per heavy atom. The average molecular weight is 469 g/mol. The molecule has 2 N–H and O–H groups in total. The van der Waals surface area contributed by atoms with E-state index in [0.717, 1.165) is 40.5 Å². The van der Waals surface area contributed by atoms with Gasteiger partial charge in [-0.3, -0.25) is 9.59 Å². The van der Waals surface area contributed by atoms with Gasteiger partial charge in [-0.05, 0) is 61.2 Å². The molecule has 0 aliphatic carbocycles. The normalized spacial score (nSPS) is 16.5. The number of hydrogen-bond acceptors (Lipinski definition) is 5. The molecule has 3 aromatic rings. The highest BCUT2D eigenvalue weighted by Crippen LogP contribution is 2.30. The SMILES string of the molecule is Cc1cc(=O)[nH]c2ccc(NC(=O)c3cc(S(=O)(=O)N(C)C)ccc3N3CCC(C)C3)cc12. The number of anilines is 2. The van der Waals surface area contributed by atoms with E-state index in [4.69, 9.17) is 0 Å². The number of aryl methyl sites for hydroxylation is 1. The molecule has 174 valence electrons. The molecule has 4 rings (SSSR count). The smallest absolute Gasteiger partial charge is 0.257 e. The Bertz CT molecular complexity index is 1400. The van der Waals surface area contributed by atoms with Gasteiger partial charge in [0.1, 0.15) is 0 Å². The molecule has 2 heterocycles. The quantitative estimate of drug-likeness (QED) is 0.599. The minimum Gasteiger partial charge on any atom is -0.371 e. The summed E-state index contributed by atoms with van der Waals surface area (Å²) in [5.74, 6) is 0.110. The number of fused-ring (bicyclic) bond motifs is 1.